The van der Waals surface area contributed by atoms with Crippen molar-refractivity contribution in [3.63, 3.8) is 0 Å². The summed E-state index contributed by atoms with van der Waals surface area (Å²) in [7, 11) is 0. The zero-order valence-corrected chi connectivity index (χ0v) is 16.5. The number of benzene rings is 2. The summed E-state index contributed by atoms with van der Waals surface area (Å²) in [5.74, 6) is -2.60. The highest BCUT2D eigenvalue weighted by Crippen LogP contribution is 2.49. The molecule has 2 N–H and O–H groups in total. The van der Waals surface area contributed by atoms with Crippen molar-refractivity contribution in [1.82, 2.24) is 4.57 Å². The lowest BCUT2D eigenvalue weighted by Crippen LogP contribution is -2.29. The minimum atomic E-state index is -0.806. The predicted octanol–water partition coefficient (Wildman–Crippen LogP) is 5.62. The molecule has 0 aliphatic heterocycles. The number of hydrogen-bond donors (Lipinski definition) is 2. The normalized spacial score (nSPS) is 19.0. The van der Waals surface area contributed by atoms with Crippen molar-refractivity contribution in [2.24, 2.45) is 5.92 Å². The van der Waals surface area contributed by atoms with E-state index in [1.54, 1.807) is 19.1 Å². The third-order valence-electron chi connectivity index (χ3n) is 5.96. The average Bonchev–Trinajstić information content (AvgIpc) is 2.90. The highest BCUT2D eigenvalue weighted by Gasteiger charge is 2.39. The van der Waals surface area contributed by atoms with E-state index in [0.29, 0.717) is 35.0 Å². The van der Waals surface area contributed by atoms with Crippen LogP contribution in [-0.4, -0.2) is 20.7 Å². The largest absolute Gasteiger partial charge is 0.505 e. The number of aryl methyl sites for hydroxylation is 1. The van der Waals surface area contributed by atoms with Crippen LogP contribution in [0.5, 0.6) is 5.75 Å². The number of fused-ring (bicyclic) bond motifs is 1. The van der Waals surface area contributed by atoms with E-state index in [4.69, 9.17) is 0 Å². The molecule has 1 fully saturated rings. The Hall–Kier alpha value is -2.89. The van der Waals surface area contributed by atoms with E-state index < -0.39 is 17.5 Å². The van der Waals surface area contributed by atoms with Crippen LogP contribution >= 0.6 is 0 Å². The molecule has 0 amide bonds. The molecule has 0 radical (unpaired) electrons. The van der Waals surface area contributed by atoms with Crippen molar-refractivity contribution in [1.29, 1.82) is 0 Å². The maximum atomic E-state index is 14.3. The lowest BCUT2D eigenvalue weighted by molar-refractivity contribution is -0.145. The molecule has 6 heteroatoms. The molecule has 152 valence electrons. The number of carboxylic acids is 1. The fourth-order valence-corrected chi connectivity index (χ4v) is 4.44. The van der Waals surface area contributed by atoms with E-state index >= 15 is 0 Å². The molecule has 1 saturated carbocycles. The zero-order valence-electron chi connectivity index (χ0n) is 16.5. The predicted molar refractivity (Wildman–Crippen MR) is 107 cm³/mol. The van der Waals surface area contributed by atoms with Gasteiger partial charge in [-0.05, 0) is 67.0 Å². The van der Waals surface area contributed by atoms with E-state index in [-0.39, 0.29) is 23.6 Å². The van der Waals surface area contributed by atoms with Crippen LogP contribution in [0.25, 0.3) is 16.6 Å². The monoisotopic (exact) mass is 399 g/mol. The Bertz CT molecular complexity index is 1130. The van der Waals surface area contributed by atoms with E-state index in [2.05, 4.69) is 0 Å². The van der Waals surface area contributed by atoms with Crippen molar-refractivity contribution in [2.45, 2.75) is 45.4 Å². The van der Waals surface area contributed by atoms with Gasteiger partial charge < -0.3 is 14.8 Å². The van der Waals surface area contributed by atoms with Gasteiger partial charge in [0.2, 0.25) is 0 Å². The smallest absolute Gasteiger partial charge is 0.306 e. The number of aromatic hydroxyl groups is 1. The van der Waals surface area contributed by atoms with Crippen LogP contribution in [0.4, 0.5) is 8.78 Å². The molecule has 1 aliphatic rings. The average molecular weight is 399 g/mol. The van der Waals surface area contributed by atoms with Gasteiger partial charge in [-0.25, -0.2) is 8.78 Å². The fourth-order valence-electron chi connectivity index (χ4n) is 4.44. The van der Waals surface area contributed by atoms with Gasteiger partial charge in [0.15, 0.2) is 11.6 Å². The minimum absolute atomic E-state index is 0.0173. The summed E-state index contributed by atoms with van der Waals surface area (Å²) in [6.07, 6.45) is 1.02. The third kappa shape index (κ3) is 3.07. The Labute approximate surface area is 167 Å². The van der Waals surface area contributed by atoms with E-state index in [1.807, 2.05) is 18.4 Å². The minimum Gasteiger partial charge on any atom is -0.505 e. The molecular weight excluding hydrogens is 376 g/mol. The van der Waals surface area contributed by atoms with Gasteiger partial charge in [0.25, 0.3) is 0 Å². The summed E-state index contributed by atoms with van der Waals surface area (Å²) in [4.78, 5) is 11.3. The molecule has 0 bridgehead atoms. The lowest BCUT2D eigenvalue weighted by Gasteiger charge is -2.34. The van der Waals surface area contributed by atoms with Gasteiger partial charge in [-0.3, -0.25) is 4.79 Å². The number of nitrogens with zero attached hydrogens (tertiary/aromatic N) is 1. The molecule has 1 heterocycles. The first kappa shape index (κ1) is 19.4. The van der Waals surface area contributed by atoms with Crippen molar-refractivity contribution >= 4 is 16.9 Å². The summed E-state index contributed by atoms with van der Waals surface area (Å²) in [5.41, 5.74) is 3.66. The first-order chi connectivity index (χ1) is 13.7. The molecule has 0 spiro atoms. The standard InChI is InChI=1S/C23H23F2NO3/c1-11(2)22-21(13-7-14(8-13)23(28)29)16-9-20(27)18(25)10-19(16)26(22)15-4-5-17(24)12(3)6-15/h4-6,9-11,13-14,27H,7-8H2,1-3H3,(H,28,29)/t13-,14+. The van der Waals surface area contributed by atoms with Crippen LogP contribution in [0, 0.1) is 24.5 Å². The Morgan fingerprint density at radius 2 is 1.83 bits per heavy atom. The van der Waals surface area contributed by atoms with Gasteiger partial charge in [-0.15, -0.1) is 0 Å². The zero-order chi connectivity index (χ0) is 21.0. The molecule has 0 unspecified atom stereocenters. The first-order valence-corrected chi connectivity index (χ1v) is 9.75. The summed E-state index contributed by atoms with van der Waals surface area (Å²) in [6.45, 7) is 5.72. The molecule has 0 saturated heterocycles. The van der Waals surface area contributed by atoms with E-state index in [0.717, 1.165) is 11.3 Å². The second-order valence-electron chi connectivity index (χ2n) is 8.25. The summed E-state index contributed by atoms with van der Waals surface area (Å²) in [6, 6.07) is 7.48. The van der Waals surface area contributed by atoms with Crippen molar-refractivity contribution in [3.8, 4) is 11.4 Å². The molecule has 1 aliphatic carbocycles. The van der Waals surface area contributed by atoms with Crippen LogP contribution in [0.3, 0.4) is 0 Å². The van der Waals surface area contributed by atoms with Crippen molar-refractivity contribution in [3.05, 3.63) is 58.8 Å². The highest BCUT2D eigenvalue weighted by molar-refractivity contribution is 5.90. The Morgan fingerprint density at radius 3 is 2.41 bits per heavy atom. The Morgan fingerprint density at radius 1 is 1.14 bits per heavy atom. The van der Waals surface area contributed by atoms with Gasteiger partial charge in [0.1, 0.15) is 5.82 Å². The molecular formula is C23H23F2NO3. The number of rotatable bonds is 4. The summed E-state index contributed by atoms with van der Waals surface area (Å²) >= 11 is 0. The summed E-state index contributed by atoms with van der Waals surface area (Å²) in [5, 5.41) is 20.0. The molecule has 2 aromatic carbocycles. The molecule has 29 heavy (non-hydrogen) atoms. The second-order valence-corrected chi connectivity index (χ2v) is 8.25. The molecule has 3 aromatic rings. The third-order valence-corrected chi connectivity index (χ3v) is 5.96. The lowest BCUT2D eigenvalue weighted by atomic mass is 9.70. The van der Waals surface area contributed by atoms with Gasteiger partial charge in [0.05, 0.1) is 11.4 Å². The Balaban J connectivity index is 2.01. The number of carbonyl (C=O) groups is 1. The van der Waals surface area contributed by atoms with Gasteiger partial charge in [-0.2, -0.15) is 0 Å². The summed E-state index contributed by atoms with van der Waals surface area (Å²) < 4.78 is 30.1. The highest BCUT2D eigenvalue weighted by atomic mass is 19.1. The number of carboxylic acid groups (broad SMARTS) is 1. The van der Waals surface area contributed by atoms with Crippen LogP contribution < -0.4 is 0 Å². The van der Waals surface area contributed by atoms with Gasteiger partial charge >= 0.3 is 5.97 Å². The van der Waals surface area contributed by atoms with Crippen LogP contribution in [-0.2, 0) is 4.79 Å². The fraction of sp³-hybridized carbons (Fsp3) is 0.348. The van der Waals surface area contributed by atoms with Crippen molar-refractivity contribution < 1.29 is 23.8 Å². The number of phenols is 1. The van der Waals surface area contributed by atoms with Gasteiger partial charge in [0, 0.05) is 22.8 Å². The molecule has 4 rings (SSSR count). The second kappa shape index (κ2) is 6.87. The maximum Gasteiger partial charge on any atom is 0.306 e. The van der Waals surface area contributed by atoms with Gasteiger partial charge in [-0.1, -0.05) is 13.8 Å². The van der Waals surface area contributed by atoms with E-state index in [9.17, 15) is 23.8 Å². The number of phenolic OH excluding ortho intramolecular Hbond substituents is 1. The molecule has 0 atom stereocenters. The van der Waals surface area contributed by atoms with Crippen molar-refractivity contribution in [2.75, 3.05) is 0 Å². The van der Waals surface area contributed by atoms with E-state index in [1.165, 1.54) is 18.2 Å². The first-order valence-electron chi connectivity index (χ1n) is 9.75. The molecule has 4 nitrogen and oxygen atoms in total. The quantitative estimate of drug-likeness (QED) is 0.598. The Kier molecular flexibility index (Phi) is 4.60. The number of halogens is 2. The molecule has 1 aromatic heterocycles. The van der Waals surface area contributed by atoms with Crippen LogP contribution in [0.15, 0.2) is 30.3 Å². The topological polar surface area (TPSA) is 62.5 Å². The maximum absolute atomic E-state index is 14.3. The number of aliphatic carboxylic acids is 1. The SMILES string of the molecule is Cc1cc(-n2c(C(C)C)c([C@H]3C[C@@H](C(=O)O)C3)c3cc(O)c(F)cc32)ccc1F. The number of hydrogen-bond acceptors (Lipinski definition) is 2. The van der Waals surface area contributed by atoms with Crippen LogP contribution in [0.1, 0.15) is 55.3 Å². The number of aromatic nitrogens is 1. The van der Waals surface area contributed by atoms with Crippen LogP contribution in [0.2, 0.25) is 0 Å².